The van der Waals surface area contributed by atoms with E-state index in [1.54, 1.807) is 24.3 Å². The van der Waals surface area contributed by atoms with Crippen LogP contribution in [0.4, 0.5) is 4.39 Å². The maximum absolute atomic E-state index is 12.7. The molecule has 2 aromatic rings. The van der Waals surface area contributed by atoms with Crippen molar-refractivity contribution in [1.82, 2.24) is 4.98 Å². The molecule has 0 atom stereocenters. The van der Waals surface area contributed by atoms with Crippen molar-refractivity contribution in [3.63, 3.8) is 0 Å². The quantitative estimate of drug-likeness (QED) is 0.810. The molecule has 2 nitrogen and oxygen atoms in total. The Morgan fingerprint density at radius 2 is 1.94 bits per heavy atom. The van der Waals surface area contributed by atoms with Crippen LogP contribution in [-0.4, -0.2) is 4.98 Å². The Labute approximate surface area is 103 Å². The van der Waals surface area contributed by atoms with Crippen LogP contribution in [0.5, 0.6) is 0 Å². The zero-order valence-electron chi connectivity index (χ0n) is 9.14. The molecule has 1 aromatic heterocycles. The van der Waals surface area contributed by atoms with E-state index in [9.17, 15) is 4.39 Å². The smallest absolute Gasteiger partial charge is 0.123 e. The fourth-order valence-electron chi connectivity index (χ4n) is 1.38. The van der Waals surface area contributed by atoms with Gasteiger partial charge in [0.25, 0.3) is 0 Å². The molecule has 0 amide bonds. The van der Waals surface area contributed by atoms with Gasteiger partial charge in [0.15, 0.2) is 0 Å². The second-order valence-corrected chi connectivity index (χ2v) is 4.60. The van der Waals surface area contributed by atoms with E-state index in [1.165, 1.54) is 23.9 Å². The Hall–Kier alpha value is -1.86. The summed E-state index contributed by atoms with van der Waals surface area (Å²) in [6, 6.07) is 11.7. The highest BCUT2D eigenvalue weighted by Gasteiger charge is 2.02. The second kappa shape index (κ2) is 4.98. The first-order valence-corrected chi connectivity index (χ1v) is 5.81. The predicted molar refractivity (Wildman–Crippen MR) is 64.2 cm³/mol. The molecule has 0 N–H and O–H groups in total. The Morgan fingerprint density at radius 1 is 1.24 bits per heavy atom. The third kappa shape index (κ3) is 3.05. The lowest BCUT2D eigenvalue weighted by Crippen LogP contribution is -1.87. The first-order chi connectivity index (χ1) is 8.17. The number of pyridine rings is 1. The first-order valence-electron chi connectivity index (χ1n) is 4.99. The number of benzene rings is 1. The van der Waals surface area contributed by atoms with Crippen molar-refractivity contribution in [1.29, 1.82) is 5.26 Å². The van der Waals surface area contributed by atoms with Crippen LogP contribution in [0, 0.1) is 24.1 Å². The molecule has 0 saturated carbocycles. The largest absolute Gasteiger partial charge is 0.246 e. The fourth-order valence-corrected chi connectivity index (χ4v) is 2.27. The summed E-state index contributed by atoms with van der Waals surface area (Å²) in [5, 5.41) is 9.60. The molecule has 0 aliphatic heterocycles. The summed E-state index contributed by atoms with van der Waals surface area (Å²) in [6.45, 7) is 1.84. The SMILES string of the molecule is Cc1cc(C#N)cc(Sc2ccc(F)cc2)n1. The van der Waals surface area contributed by atoms with Gasteiger partial charge in [0, 0.05) is 10.6 Å². The van der Waals surface area contributed by atoms with Crippen LogP contribution in [0.25, 0.3) is 0 Å². The molecule has 0 saturated heterocycles. The van der Waals surface area contributed by atoms with E-state index in [0.717, 1.165) is 15.6 Å². The summed E-state index contributed by atoms with van der Waals surface area (Å²) in [5.74, 6) is -0.260. The van der Waals surface area contributed by atoms with Crippen LogP contribution in [0.3, 0.4) is 0 Å². The van der Waals surface area contributed by atoms with Crippen LogP contribution in [0.1, 0.15) is 11.3 Å². The van der Waals surface area contributed by atoms with Crippen molar-refractivity contribution in [2.24, 2.45) is 0 Å². The van der Waals surface area contributed by atoms with Gasteiger partial charge in [0.05, 0.1) is 11.6 Å². The molecule has 1 heterocycles. The lowest BCUT2D eigenvalue weighted by atomic mass is 10.2. The molecule has 17 heavy (non-hydrogen) atoms. The summed E-state index contributed by atoms with van der Waals surface area (Å²) in [6.07, 6.45) is 0. The molecule has 1 aromatic carbocycles. The van der Waals surface area contributed by atoms with Crippen molar-refractivity contribution in [2.45, 2.75) is 16.8 Å². The third-order valence-electron chi connectivity index (χ3n) is 2.10. The van der Waals surface area contributed by atoms with Gasteiger partial charge in [0.2, 0.25) is 0 Å². The van der Waals surface area contributed by atoms with E-state index in [1.807, 2.05) is 6.92 Å². The van der Waals surface area contributed by atoms with Crippen LogP contribution < -0.4 is 0 Å². The standard InChI is InChI=1S/C13H9FN2S/c1-9-6-10(8-15)7-13(16-9)17-12-4-2-11(14)3-5-12/h2-7H,1H3. The van der Waals surface area contributed by atoms with Crippen molar-refractivity contribution in [3.05, 3.63) is 53.5 Å². The monoisotopic (exact) mass is 244 g/mol. The van der Waals surface area contributed by atoms with Gasteiger partial charge in [-0.15, -0.1) is 0 Å². The number of rotatable bonds is 2. The van der Waals surface area contributed by atoms with E-state index in [-0.39, 0.29) is 5.82 Å². The normalized spacial score (nSPS) is 9.94. The summed E-state index contributed by atoms with van der Waals surface area (Å²) < 4.78 is 12.7. The van der Waals surface area contributed by atoms with Gasteiger partial charge >= 0.3 is 0 Å². The van der Waals surface area contributed by atoms with Crippen LogP contribution in [-0.2, 0) is 0 Å². The van der Waals surface area contributed by atoms with E-state index in [2.05, 4.69) is 11.1 Å². The summed E-state index contributed by atoms with van der Waals surface area (Å²) in [7, 11) is 0. The van der Waals surface area contributed by atoms with Gasteiger partial charge < -0.3 is 0 Å². The molecule has 0 radical (unpaired) electrons. The zero-order chi connectivity index (χ0) is 12.3. The summed E-state index contributed by atoms with van der Waals surface area (Å²) in [4.78, 5) is 5.21. The molecular formula is C13H9FN2S. The highest BCUT2D eigenvalue weighted by Crippen LogP contribution is 2.26. The van der Waals surface area contributed by atoms with Gasteiger partial charge in [-0.1, -0.05) is 11.8 Å². The minimum absolute atomic E-state index is 0.260. The lowest BCUT2D eigenvalue weighted by molar-refractivity contribution is 0.626. The number of aromatic nitrogens is 1. The molecule has 0 aliphatic rings. The Kier molecular flexibility index (Phi) is 3.40. The summed E-state index contributed by atoms with van der Waals surface area (Å²) in [5.41, 5.74) is 1.38. The maximum Gasteiger partial charge on any atom is 0.123 e. The average Bonchev–Trinajstić information content (AvgIpc) is 2.31. The molecule has 0 spiro atoms. The Bertz CT molecular complexity index is 573. The molecular weight excluding hydrogens is 235 g/mol. The molecule has 0 bridgehead atoms. The number of aryl methyl sites for hydroxylation is 1. The topological polar surface area (TPSA) is 36.7 Å². The lowest BCUT2D eigenvalue weighted by Gasteiger charge is -2.02. The predicted octanol–water partition coefficient (Wildman–Crippen LogP) is 3.55. The number of nitrogens with zero attached hydrogens (tertiary/aromatic N) is 2. The van der Waals surface area contributed by atoms with Crippen molar-refractivity contribution >= 4 is 11.8 Å². The molecule has 0 fully saturated rings. The van der Waals surface area contributed by atoms with Gasteiger partial charge in [-0.3, -0.25) is 0 Å². The first kappa shape index (κ1) is 11.6. The molecule has 84 valence electrons. The van der Waals surface area contributed by atoms with E-state index < -0.39 is 0 Å². The number of nitriles is 1. The van der Waals surface area contributed by atoms with Crippen LogP contribution in [0.15, 0.2) is 46.3 Å². The minimum Gasteiger partial charge on any atom is -0.246 e. The fraction of sp³-hybridized carbons (Fsp3) is 0.0769. The van der Waals surface area contributed by atoms with E-state index in [4.69, 9.17) is 5.26 Å². The Morgan fingerprint density at radius 3 is 2.59 bits per heavy atom. The zero-order valence-corrected chi connectivity index (χ0v) is 9.96. The van der Waals surface area contributed by atoms with Crippen molar-refractivity contribution in [3.8, 4) is 6.07 Å². The molecule has 0 aliphatic carbocycles. The maximum atomic E-state index is 12.7. The number of halogens is 1. The minimum atomic E-state index is -0.260. The van der Waals surface area contributed by atoms with Gasteiger partial charge in [-0.25, -0.2) is 9.37 Å². The number of hydrogen-bond acceptors (Lipinski definition) is 3. The molecule has 4 heteroatoms. The number of hydrogen-bond donors (Lipinski definition) is 0. The summed E-state index contributed by atoms with van der Waals surface area (Å²) >= 11 is 1.41. The van der Waals surface area contributed by atoms with E-state index in [0.29, 0.717) is 5.56 Å². The average molecular weight is 244 g/mol. The van der Waals surface area contributed by atoms with Gasteiger partial charge in [0.1, 0.15) is 10.8 Å². The van der Waals surface area contributed by atoms with Crippen LogP contribution >= 0.6 is 11.8 Å². The Balaban J connectivity index is 2.27. The highest BCUT2D eigenvalue weighted by molar-refractivity contribution is 7.99. The molecule has 2 rings (SSSR count). The van der Waals surface area contributed by atoms with Crippen molar-refractivity contribution in [2.75, 3.05) is 0 Å². The molecule has 0 unspecified atom stereocenters. The third-order valence-corrected chi connectivity index (χ3v) is 3.02. The highest BCUT2D eigenvalue weighted by atomic mass is 32.2. The van der Waals surface area contributed by atoms with Crippen molar-refractivity contribution < 1.29 is 4.39 Å². The van der Waals surface area contributed by atoms with E-state index >= 15 is 0 Å². The van der Waals surface area contributed by atoms with Gasteiger partial charge in [-0.05, 0) is 43.3 Å². The second-order valence-electron chi connectivity index (χ2n) is 3.50. The van der Waals surface area contributed by atoms with Gasteiger partial charge in [-0.2, -0.15) is 5.26 Å². The van der Waals surface area contributed by atoms with Crippen LogP contribution in [0.2, 0.25) is 0 Å².